The van der Waals surface area contributed by atoms with Gasteiger partial charge in [-0.1, -0.05) is 30.3 Å². The normalized spacial score (nSPS) is 16.4. The Hall–Kier alpha value is -4.50. The van der Waals surface area contributed by atoms with Crippen LogP contribution in [0.2, 0.25) is 0 Å². The number of hydrogen-bond donors (Lipinski definition) is 2. The summed E-state index contributed by atoms with van der Waals surface area (Å²) >= 11 is 0. The number of hydrogen-bond acceptors (Lipinski definition) is 3. The first kappa shape index (κ1) is 28.0. The van der Waals surface area contributed by atoms with Gasteiger partial charge in [0.15, 0.2) is 0 Å². The van der Waals surface area contributed by atoms with Gasteiger partial charge in [-0.05, 0) is 65.6 Å². The Kier molecular flexibility index (Phi) is 7.90. The lowest BCUT2D eigenvalue weighted by Gasteiger charge is -2.20. The van der Waals surface area contributed by atoms with Crippen LogP contribution in [0.1, 0.15) is 40.0 Å². The largest absolute Gasteiger partial charge is 0.390 e. The molecule has 1 aliphatic carbocycles. The van der Waals surface area contributed by atoms with Crippen molar-refractivity contribution in [3.8, 4) is 11.1 Å². The van der Waals surface area contributed by atoms with Gasteiger partial charge in [-0.15, -0.1) is 0 Å². The van der Waals surface area contributed by atoms with Crippen LogP contribution in [0.3, 0.4) is 0 Å². The molecule has 0 unspecified atom stereocenters. The summed E-state index contributed by atoms with van der Waals surface area (Å²) < 4.78 is 54.8. The summed E-state index contributed by atoms with van der Waals surface area (Å²) in [5.41, 5.74) is 3.21. The molecular weight excluding hydrogens is 534 g/mol. The standard InChI is InChI=1S/C32H27F4N3O2/c1-18(39(2)17-19-3-10-23(33)11-4-19)37-25-12-9-22-13-29(40)31(26(22)16-25)38-32(41)21-7-5-20(6-8-21)30-27(35)14-24(34)15-28(30)36/h3-12,14-16,29,31,40H,13,17H2,1-2H3,(H,38,41)/t29-,31-/m1/s1. The van der Waals surface area contributed by atoms with Crippen molar-refractivity contribution in [2.45, 2.75) is 32.0 Å². The van der Waals surface area contributed by atoms with Crippen molar-refractivity contribution in [2.75, 3.05) is 7.05 Å². The number of rotatable bonds is 6. The molecule has 0 bridgehead atoms. The molecule has 5 nitrogen and oxygen atoms in total. The highest BCUT2D eigenvalue weighted by Crippen LogP contribution is 2.35. The van der Waals surface area contributed by atoms with Gasteiger partial charge >= 0.3 is 0 Å². The van der Waals surface area contributed by atoms with E-state index in [0.717, 1.165) is 22.5 Å². The summed E-state index contributed by atoms with van der Waals surface area (Å²) in [5, 5.41) is 13.6. The first-order valence-corrected chi connectivity index (χ1v) is 13.0. The van der Waals surface area contributed by atoms with Gasteiger partial charge in [0.2, 0.25) is 0 Å². The van der Waals surface area contributed by atoms with E-state index in [4.69, 9.17) is 4.99 Å². The topological polar surface area (TPSA) is 64.9 Å². The van der Waals surface area contributed by atoms with Gasteiger partial charge in [0.05, 0.1) is 23.4 Å². The number of carbonyl (C=O) groups is 1. The van der Waals surface area contributed by atoms with E-state index in [0.29, 0.717) is 30.8 Å². The third-order valence-electron chi connectivity index (χ3n) is 7.18. The van der Waals surface area contributed by atoms with E-state index in [9.17, 15) is 27.5 Å². The van der Waals surface area contributed by atoms with Gasteiger partial charge in [-0.2, -0.15) is 0 Å². The molecule has 210 valence electrons. The molecular formula is C32H27F4N3O2. The lowest BCUT2D eigenvalue weighted by molar-refractivity contribution is 0.0858. The second kappa shape index (κ2) is 11.5. The number of nitrogens with zero attached hydrogens (tertiary/aromatic N) is 2. The Labute approximate surface area is 234 Å². The predicted molar refractivity (Wildman–Crippen MR) is 149 cm³/mol. The Morgan fingerprint density at radius 1 is 0.927 bits per heavy atom. The maximum atomic E-state index is 14.2. The van der Waals surface area contributed by atoms with Gasteiger partial charge in [0, 0.05) is 37.7 Å². The summed E-state index contributed by atoms with van der Waals surface area (Å²) in [6, 6.07) is 17.9. The van der Waals surface area contributed by atoms with E-state index in [1.165, 1.54) is 36.4 Å². The average molecular weight is 562 g/mol. The van der Waals surface area contributed by atoms with Gasteiger partial charge < -0.3 is 15.3 Å². The van der Waals surface area contributed by atoms with E-state index in [-0.39, 0.29) is 22.5 Å². The van der Waals surface area contributed by atoms with E-state index >= 15 is 0 Å². The lowest BCUT2D eigenvalue weighted by atomic mass is 10.0. The fourth-order valence-corrected chi connectivity index (χ4v) is 4.93. The highest BCUT2D eigenvalue weighted by Gasteiger charge is 2.32. The predicted octanol–water partition coefficient (Wildman–Crippen LogP) is 6.48. The average Bonchev–Trinajstić information content (AvgIpc) is 3.23. The second-order valence-corrected chi connectivity index (χ2v) is 10.1. The smallest absolute Gasteiger partial charge is 0.251 e. The molecule has 4 aromatic rings. The van der Waals surface area contributed by atoms with Crippen molar-refractivity contribution < 1.29 is 27.5 Å². The fraction of sp³-hybridized carbons (Fsp3) is 0.188. The van der Waals surface area contributed by atoms with Crippen molar-refractivity contribution in [2.24, 2.45) is 4.99 Å². The Morgan fingerprint density at radius 3 is 2.24 bits per heavy atom. The van der Waals surface area contributed by atoms with Crippen LogP contribution in [-0.4, -0.2) is 34.9 Å². The molecule has 0 saturated carbocycles. The van der Waals surface area contributed by atoms with Crippen LogP contribution in [0.25, 0.3) is 11.1 Å². The molecule has 1 aliphatic rings. The summed E-state index contributed by atoms with van der Waals surface area (Å²) in [7, 11) is 1.88. The van der Waals surface area contributed by atoms with Crippen LogP contribution < -0.4 is 5.32 Å². The minimum atomic E-state index is -1.04. The van der Waals surface area contributed by atoms with E-state index < -0.39 is 35.5 Å². The van der Waals surface area contributed by atoms with Crippen molar-refractivity contribution in [3.63, 3.8) is 0 Å². The number of benzene rings is 4. The molecule has 9 heteroatoms. The van der Waals surface area contributed by atoms with Crippen LogP contribution in [0.4, 0.5) is 23.2 Å². The number of aliphatic hydroxyl groups excluding tert-OH is 1. The van der Waals surface area contributed by atoms with Crippen LogP contribution >= 0.6 is 0 Å². The zero-order valence-electron chi connectivity index (χ0n) is 22.3. The van der Waals surface area contributed by atoms with E-state index in [2.05, 4.69) is 5.32 Å². The van der Waals surface area contributed by atoms with Crippen molar-refractivity contribution in [1.29, 1.82) is 0 Å². The number of aliphatic hydroxyl groups is 1. The SMILES string of the molecule is CC(=Nc1ccc2c(c1)[C@@H](NC(=O)c1ccc(-c3c(F)cc(F)cc3F)cc1)[C@H](O)C2)N(C)Cc1ccc(F)cc1. The number of halogens is 4. The Balaban J connectivity index is 1.31. The van der Waals surface area contributed by atoms with Gasteiger partial charge in [-0.25, -0.2) is 22.6 Å². The molecule has 0 saturated heterocycles. The molecule has 1 amide bonds. The molecule has 0 aliphatic heterocycles. The van der Waals surface area contributed by atoms with Gasteiger partial charge in [-0.3, -0.25) is 4.79 Å². The van der Waals surface area contributed by atoms with Crippen LogP contribution in [0.15, 0.2) is 83.9 Å². The Bertz CT molecular complexity index is 1600. The molecule has 0 spiro atoms. The fourth-order valence-electron chi connectivity index (χ4n) is 4.93. The van der Waals surface area contributed by atoms with Crippen molar-refractivity contribution in [1.82, 2.24) is 10.2 Å². The summed E-state index contributed by atoms with van der Waals surface area (Å²) in [6.07, 6.45) is -0.493. The zero-order chi connectivity index (χ0) is 29.3. The number of nitrogens with one attached hydrogen (secondary N) is 1. The molecule has 0 radical (unpaired) electrons. The zero-order valence-corrected chi connectivity index (χ0v) is 22.3. The first-order chi connectivity index (χ1) is 19.6. The quantitative estimate of drug-likeness (QED) is 0.161. The molecule has 41 heavy (non-hydrogen) atoms. The van der Waals surface area contributed by atoms with Crippen molar-refractivity contribution >= 4 is 17.4 Å². The molecule has 0 aromatic heterocycles. The minimum absolute atomic E-state index is 0.157. The monoisotopic (exact) mass is 561 g/mol. The summed E-state index contributed by atoms with van der Waals surface area (Å²) in [6.45, 7) is 2.40. The number of amides is 1. The maximum absolute atomic E-state index is 14.2. The maximum Gasteiger partial charge on any atom is 0.251 e. The Morgan fingerprint density at radius 2 is 1.59 bits per heavy atom. The number of amidine groups is 1. The third-order valence-corrected chi connectivity index (χ3v) is 7.18. The first-order valence-electron chi connectivity index (χ1n) is 13.0. The van der Waals surface area contributed by atoms with Crippen LogP contribution in [0.5, 0.6) is 0 Å². The second-order valence-electron chi connectivity index (χ2n) is 10.1. The van der Waals surface area contributed by atoms with Crippen LogP contribution in [-0.2, 0) is 13.0 Å². The summed E-state index contributed by atoms with van der Waals surface area (Å²) in [4.78, 5) is 19.7. The molecule has 0 fully saturated rings. The van der Waals surface area contributed by atoms with E-state index in [1.54, 1.807) is 12.1 Å². The highest BCUT2D eigenvalue weighted by molar-refractivity contribution is 5.95. The highest BCUT2D eigenvalue weighted by atomic mass is 19.1. The molecule has 2 N–H and O–H groups in total. The van der Waals surface area contributed by atoms with Crippen molar-refractivity contribution in [3.05, 3.63) is 124 Å². The number of carbonyl (C=O) groups excluding carboxylic acids is 1. The molecule has 4 aromatic carbocycles. The molecule has 2 atom stereocenters. The van der Waals surface area contributed by atoms with E-state index in [1.807, 2.05) is 37.1 Å². The lowest BCUT2D eigenvalue weighted by Crippen LogP contribution is -2.33. The van der Waals surface area contributed by atoms with Gasteiger partial charge in [0.1, 0.15) is 29.1 Å². The van der Waals surface area contributed by atoms with Crippen LogP contribution in [0, 0.1) is 23.3 Å². The summed E-state index contributed by atoms with van der Waals surface area (Å²) in [5.74, 6) is -3.14. The molecule has 5 rings (SSSR count). The van der Waals surface area contributed by atoms with Gasteiger partial charge in [0.25, 0.3) is 5.91 Å². The minimum Gasteiger partial charge on any atom is -0.390 e. The number of fused-ring (bicyclic) bond motifs is 1. The third kappa shape index (κ3) is 6.15. The molecule has 0 heterocycles. The number of aliphatic imine (C=N–C) groups is 1.